The molecule has 0 aliphatic heterocycles. The van der Waals surface area contributed by atoms with Crippen molar-refractivity contribution >= 4 is 21.6 Å². The highest BCUT2D eigenvalue weighted by molar-refractivity contribution is 7.89. The van der Waals surface area contributed by atoms with Crippen LogP contribution in [0.1, 0.15) is 27.7 Å². The van der Waals surface area contributed by atoms with E-state index in [0.29, 0.717) is 6.54 Å². The van der Waals surface area contributed by atoms with E-state index in [1.807, 2.05) is 0 Å². The number of nitrogens with one attached hydrogen (secondary N) is 1. The monoisotopic (exact) mass is 373 g/mol. The lowest BCUT2D eigenvalue weighted by atomic mass is 10.3. The summed E-state index contributed by atoms with van der Waals surface area (Å²) < 4.78 is 31.5. The highest BCUT2D eigenvalue weighted by atomic mass is 32.2. The fraction of sp³-hybridized carbons (Fsp3) is 0.533. The van der Waals surface area contributed by atoms with Crippen LogP contribution >= 0.6 is 0 Å². The molecule has 9 nitrogen and oxygen atoms in total. The lowest BCUT2D eigenvalue weighted by Gasteiger charge is -2.19. The second-order valence-electron chi connectivity index (χ2n) is 5.13. The first-order valence-corrected chi connectivity index (χ1v) is 9.35. The van der Waals surface area contributed by atoms with Gasteiger partial charge in [-0.1, -0.05) is 13.8 Å². The van der Waals surface area contributed by atoms with Crippen molar-refractivity contribution in [2.24, 2.45) is 0 Å². The molecule has 0 heterocycles. The van der Waals surface area contributed by atoms with Crippen molar-refractivity contribution < 1.29 is 22.9 Å². The average Bonchev–Trinajstić information content (AvgIpc) is 2.55. The maximum atomic E-state index is 12.5. The SMILES string of the molecule is CCNC(=O)[C@@H](C)Oc1ccc(S(=O)(=O)N(CC)CC)cc1[N+](=O)[O-]. The second kappa shape index (κ2) is 8.77. The first kappa shape index (κ1) is 20.8. The fourth-order valence-electron chi connectivity index (χ4n) is 2.17. The van der Waals surface area contributed by atoms with E-state index in [-0.39, 0.29) is 23.7 Å². The highest BCUT2D eigenvalue weighted by Gasteiger charge is 2.27. The zero-order valence-corrected chi connectivity index (χ0v) is 15.5. The normalized spacial score (nSPS) is 12.7. The van der Waals surface area contributed by atoms with Crippen LogP contribution in [0.25, 0.3) is 0 Å². The predicted octanol–water partition coefficient (Wildman–Crippen LogP) is 1.53. The lowest BCUT2D eigenvalue weighted by molar-refractivity contribution is -0.386. The van der Waals surface area contributed by atoms with Crippen LogP contribution < -0.4 is 10.1 Å². The minimum Gasteiger partial charge on any atom is -0.474 e. The van der Waals surface area contributed by atoms with Gasteiger partial charge in [-0.05, 0) is 26.0 Å². The smallest absolute Gasteiger partial charge is 0.312 e. The third-order valence-corrected chi connectivity index (χ3v) is 5.54. The number of hydrogen-bond acceptors (Lipinski definition) is 6. The lowest BCUT2D eigenvalue weighted by Crippen LogP contribution is -2.36. The van der Waals surface area contributed by atoms with Gasteiger partial charge in [-0.15, -0.1) is 0 Å². The standard InChI is InChI=1S/C15H23N3O6S/c1-5-16-15(19)11(4)24-14-9-8-12(10-13(14)18(20)21)25(22,23)17(6-2)7-3/h8-11H,5-7H2,1-4H3,(H,16,19)/t11-/m1/s1. The van der Waals surface area contributed by atoms with Gasteiger partial charge in [0, 0.05) is 25.7 Å². The molecule has 0 aliphatic rings. The maximum Gasteiger partial charge on any atom is 0.312 e. The van der Waals surface area contributed by atoms with Gasteiger partial charge in [0.1, 0.15) is 0 Å². The van der Waals surface area contributed by atoms with Crippen LogP contribution in [0.3, 0.4) is 0 Å². The summed E-state index contributed by atoms with van der Waals surface area (Å²) >= 11 is 0. The summed E-state index contributed by atoms with van der Waals surface area (Å²) in [5.74, 6) is -0.584. The number of nitro benzene ring substituents is 1. The molecule has 0 unspecified atom stereocenters. The van der Waals surface area contributed by atoms with Gasteiger partial charge in [-0.2, -0.15) is 4.31 Å². The van der Waals surface area contributed by atoms with Crippen LogP contribution in [0.2, 0.25) is 0 Å². The van der Waals surface area contributed by atoms with Crippen LogP contribution in [-0.2, 0) is 14.8 Å². The molecule has 1 N–H and O–H groups in total. The number of nitrogens with zero attached hydrogens (tertiary/aromatic N) is 2. The van der Waals surface area contributed by atoms with Crippen molar-refractivity contribution in [3.63, 3.8) is 0 Å². The first-order valence-electron chi connectivity index (χ1n) is 7.91. The number of carbonyl (C=O) groups is 1. The summed E-state index contributed by atoms with van der Waals surface area (Å²) in [5, 5.41) is 13.8. The van der Waals surface area contributed by atoms with E-state index in [1.165, 1.54) is 23.4 Å². The summed E-state index contributed by atoms with van der Waals surface area (Å²) in [7, 11) is -3.83. The first-order chi connectivity index (χ1) is 11.7. The Hall–Kier alpha value is -2.20. The van der Waals surface area contributed by atoms with Gasteiger partial charge in [0.25, 0.3) is 5.91 Å². The summed E-state index contributed by atoms with van der Waals surface area (Å²) in [4.78, 5) is 22.1. The van der Waals surface area contributed by atoms with Gasteiger partial charge in [-0.25, -0.2) is 8.42 Å². The van der Waals surface area contributed by atoms with E-state index >= 15 is 0 Å². The number of rotatable bonds is 9. The number of likely N-dealkylation sites (N-methyl/N-ethyl adjacent to an activating group) is 1. The van der Waals surface area contributed by atoms with Crippen LogP contribution in [0, 0.1) is 10.1 Å². The van der Waals surface area contributed by atoms with Gasteiger partial charge >= 0.3 is 5.69 Å². The van der Waals surface area contributed by atoms with Crippen LogP contribution in [0.5, 0.6) is 5.75 Å². The van der Waals surface area contributed by atoms with Gasteiger partial charge in [-0.3, -0.25) is 14.9 Å². The molecule has 1 aromatic carbocycles. The Bertz CT molecular complexity index is 731. The molecule has 0 aromatic heterocycles. The molecule has 0 fully saturated rings. The zero-order valence-electron chi connectivity index (χ0n) is 14.7. The van der Waals surface area contributed by atoms with E-state index in [2.05, 4.69) is 5.32 Å². The Morgan fingerprint density at radius 2 is 1.92 bits per heavy atom. The summed E-state index contributed by atoms with van der Waals surface area (Å²) in [5.41, 5.74) is -0.510. The second-order valence-corrected chi connectivity index (χ2v) is 7.07. The van der Waals surface area contributed by atoms with Gasteiger partial charge in [0.15, 0.2) is 11.9 Å². The molecule has 1 amide bonds. The summed E-state index contributed by atoms with van der Waals surface area (Å²) in [6.45, 7) is 7.45. The minimum absolute atomic E-state index is 0.165. The molecule has 0 bridgehead atoms. The van der Waals surface area contributed by atoms with Crippen molar-refractivity contribution in [3.8, 4) is 5.75 Å². The molecule has 140 valence electrons. The zero-order chi connectivity index (χ0) is 19.2. The number of carbonyl (C=O) groups excluding carboxylic acids is 1. The molecular weight excluding hydrogens is 350 g/mol. The average molecular weight is 373 g/mol. The van der Waals surface area contributed by atoms with Gasteiger partial charge < -0.3 is 10.1 Å². The third kappa shape index (κ3) is 4.89. The van der Waals surface area contributed by atoms with Crippen LogP contribution in [-0.4, -0.2) is 49.3 Å². The molecule has 0 saturated heterocycles. The number of amides is 1. The third-order valence-electron chi connectivity index (χ3n) is 3.49. The van der Waals surface area contributed by atoms with Crippen molar-refractivity contribution in [2.75, 3.05) is 19.6 Å². The number of sulfonamides is 1. The Morgan fingerprint density at radius 1 is 1.32 bits per heavy atom. The summed E-state index contributed by atoms with van der Waals surface area (Å²) in [6, 6.07) is 3.39. The molecule has 1 rings (SSSR count). The molecule has 25 heavy (non-hydrogen) atoms. The predicted molar refractivity (Wildman–Crippen MR) is 92.0 cm³/mol. The minimum atomic E-state index is -3.83. The fourth-order valence-corrected chi connectivity index (χ4v) is 3.65. The molecular formula is C15H23N3O6S. The molecule has 10 heteroatoms. The van der Waals surface area contributed by atoms with Gasteiger partial charge in [0.05, 0.1) is 9.82 Å². The van der Waals surface area contributed by atoms with Crippen molar-refractivity contribution in [2.45, 2.75) is 38.7 Å². The molecule has 0 aliphatic carbocycles. The Morgan fingerprint density at radius 3 is 2.40 bits per heavy atom. The number of nitro groups is 1. The van der Waals surface area contributed by atoms with Crippen molar-refractivity contribution in [3.05, 3.63) is 28.3 Å². The Balaban J connectivity index is 3.25. The molecule has 0 radical (unpaired) electrons. The molecule has 1 atom stereocenters. The summed E-state index contributed by atoms with van der Waals surface area (Å²) in [6.07, 6.45) is -0.955. The largest absolute Gasteiger partial charge is 0.474 e. The Kier molecular flexibility index (Phi) is 7.31. The number of hydrogen-bond donors (Lipinski definition) is 1. The van der Waals surface area contributed by atoms with E-state index in [0.717, 1.165) is 6.07 Å². The van der Waals surface area contributed by atoms with Crippen LogP contribution in [0.4, 0.5) is 5.69 Å². The van der Waals surface area contributed by atoms with E-state index in [9.17, 15) is 23.3 Å². The van der Waals surface area contributed by atoms with Crippen molar-refractivity contribution in [1.82, 2.24) is 9.62 Å². The highest BCUT2D eigenvalue weighted by Crippen LogP contribution is 2.31. The number of benzene rings is 1. The number of ether oxygens (including phenoxy) is 1. The molecule has 0 spiro atoms. The quantitative estimate of drug-likeness (QED) is 0.518. The molecule has 0 saturated carbocycles. The van der Waals surface area contributed by atoms with E-state index in [4.69, 9.17) is 4.74 Å². The van der Waals surface area contributed by atoms with Gasteiger partial charge in [0.2, 0.25) is 10.0 Å². The van der Waals surface area contributed by atoms with E-state index in [1.54, 1.807) is 20.8 Å². The van der Waals surface area contributed by atoms with E-state index < -0.39 is 32.6 Å². The topological polar surface area (TPSA) is 119 Å². The Labute approximate surface area is 147 Å². The van der Waals surface area contributed by atoms with Crippen molar-refractivity contribution in [1.29, 1.82) is 0 Å². The molecule has 1 aromatic rings. The maximum absolute atomic E-state index is 12.5. The van der Waals surface area contributed by atoms with Crippen LogP contribution in [0.15, 0.2) is 23.1 Å².